The van der Waals surface area contributed by atoms with Crippen molar-refractivity contribution in [1.82, 2.24) is 9.97 Å². The Bertz CT molecular complexity index is 854. The van der Waals surface area contributed by atoms with Gasteiger partial charge in [-0.1, -0.05) is 23.7 Å². The maximum absolute atomic E-state index is 6.03. The van der Waals surface area contributed by atoms with Crippen LogP contribution in [0, 0.1) is 0 Å². The van der Waals surface area contributed by atoms with Gasteiger partial charge in [-0.3, -0.25) is 0 Å². The number of anilines is 1. The lowest BCUT2D eigenvalue weighted by Gasteiger charge is -2.36. The number of aromatic nitrogens is 2. The molecule has 1 fully saturated rings. The van der Waals surface area contributed by atoms with Crippen LogP contribution in [0.5, 0.6) is 0 Å². The first-order valence-electron chi connectivity index (χ1n) is 8.00. The Kier molecular flexibility index (Phi) is 4.16. The van der Waals surface area contributed by atoms with E-state index in [1.807, 2.05) is 24.3 Å². The van der Waals surface area contributed by atoms with Gasteiger partial charge in [0.15, 0.2) is 0 Å². The van der Waals surface area contributed by atoms with E-state index in [-0.39, 0.29) is 12.2 Å². The summed E-state index contributed by atoms with van der Waals surface area (Å²) in [5.74, 6) is 0.994. The van der Waals surface area contributed by atoms with Crippen molar-refractivity contribution in [2.75, 3.05) is 18.0 Å². The van der Waals surface area contributed by atoms with Crippen LogP contribution in [0.3, 0.4) is 0 Å². The highest BCUT2D eigenvalue weighted by Crippen LogP contribution is 2.38. The SMILES string of the molecule is C[C@@H]1CN(c2ncnc3scc(-c4ccc(Cl)cc4)c23)C[C@H](C)O1. The van der Waals surface area contributed by atoms with Crippen molar-refractivity contribution in [1.29, 1.82) is 0 Å². The van der Waals surface area contributed by atoms with Crippen LogP contribution >= 0.6 is 22.9 Å². The van der Waals surface area contributed by atoms with Crippen LogP contribution < -0.4 is 4.90 Å². The molecular weight excluding hydrogens is 342 g/mol. The minimum Gasteiger partial charge on any atom is -0.372 e. The largest absolute Gasteiger partial charge is 0.372 e. The molecule has 4 rings (SSSR count). The highest BCUT2D eigenvalue weighted by Gasteiger charge is 2.26. The van der Waals surface area contributed by atoms with Crippen molar-refractivity contribution in [2.24, 2.45) is 0 Å². The van der Waals surface area contributed by atoms with Gasteiger partial charge in [-0.15, -0.1) is 11.3 Å². The Balaban J connectivity index is 1.84. The van der Waals surface area contributed by atoms with Gasteiger partial charge in [0.05, 0.1) is 17.6 Å². The lowest BCUT2D eigenvalue weighted by atomic mass is 10.1. The minimum absolute atomic E-state index is 0.191. The number of hydrogen-bond acceptors (Lipinski definition) is 5. The van der Waals surface area contributed by atoms with Crippen LogP contribution in [0.4, 0.5) is 5.82 Å². The van der Waals surface area contributed by atoms with Gasteiger partial charge < -0.3 is 9.64 Å². The van der Waals surface area contributed by atoms with Crippen LogP contribution in [-0.4, -0.2) is 35.3 Å². The summed E-state index contributed by atoms with van der Waals surface area (Å²) in [7, 11) is 0. The monoisotopic (exact) mass is 359 g/mol. The van der Waals surface area contributed by atoms with Crippen molar-refractivity contribution < 1.29 is 4.74 Å². The highest BCUT2D eigenvalue weighted by molar-refractivity contribution is 7.17. The molecule has 124 valence electrons. The van der Waals surface area contributed by atoms with E-state index in [1.54, 1.807) is 17.7 Å². The molecule has 0 amide bonds. The molecule has 1 aliphatic rings. The van der Waals surface area contributed by atoms with E-state index in [4.69, 9.17) is 16.3 Å². The molecule has 0 bridgehead atoms. The van der Waals surface area contributed by atoms with Gasteiger partial charge in [0, 0.05) is 29.1 Å². The molecule has 1 aliphatic heterocycles. The topological polar surface area (TPSA) is 38.2 Å². The molecule has 0 spiro atoms. The normalized spacial score (nSPS) is 21.4. The Labute approximate surface area is 150 Å². The summed E-state index contributed by atoms with van der Waals surface area (Å²) in [5.41, 5.74) is 2.30. The number of hydrogen-bond donors (Lipinski definition) is 0. The van der Waals surface area contributed by atoms with E-state index in [0.29, 0.717) is 0 Å². The van der Waals surface area contributed by atoms with E-state index >= 15 is 0 Å². The van der Waals surface area contributed by atoms with Crippen LogP contribution in [-0.2, 0) is 4.74 Å². The molecule has 1 saturated heterocycles. The number of ether oxygens (including phenoxy) is 1. The third-order valence-corrected chi connectivity index (χ3v) is 5.36. The van der Waals surface area contributed by atoms with Gasteiger partial charge in [0.2, 0.25) is 0 Å². The second-order valence-corrected chi connectivity index (χ2v) is 7.49. The third-order valence-electron chi connectivity index (χ3n) is 4.22. The fourth-order valence-corrected chi connectivity index (χ4v) is 4.33. The summed E-state index contributed by atoms with van der Waals surface area (Å²) in [6, 6.07) is 7.93. The molecule has 3 aromatic rings. The Morgan fingerprint density at radius 3 is 2.54 bits per heavy atom. The maximum Gasteiger partial charge on any atom is 0.141 e. The predicted molar refractivity (Wildman–Crippen MR) is 100 cm³/mol. The molecule has 2 aromatic heterocycles. The van der Waals surface area contributed by atoms with Crippen molar-refractivity contribution in [2.45, 2.75) is 26.1 Å². The smallest absolute Gasteiger partial charge is 0.141 e. The quantitative estimate of drug-likeness (QED) is 0.668. The molecule has 0 radical (unpaired) electrons. The number of thiophene rings is 1. The Morgan fingerprint density at radius 1 is 1.12 bits per heavy atom. The lowest BCUT2D eigenvalue weighted by Crippen LogP contribution is -2.45. The van der Waals surface area contributed by atoms with Crippen LogP contribution in [0.25, 0.3) is 21.3 Å². The molecule has 24 heavy (non-hydrogen) atoms. The van der Waals surface area contributed by atoms with Gasteiger partial charge >= 0.3 is 0 Å². The second kappa shape index (κ2) is 6.31. The average molecular weight is 360 g/mol. The minimum atomic E-state index is 0.191. The zero-order chi connectivity index (χ0) is 16.7. The summed E-state index contributed by atoms with van der Waals surface area (Å²) in [5, 5.41) is 4.01. The number of nitrogens with zero attached hydrogens (tertiary/aromatic N) is 3. The molecular formula is C18H18ClN3OS. The molecule has 0 unspecified atom stereocenters. The molecule has 4 nitrogen and oxygen atoms in total. The first-order valence-corrected chi connectivity index (χ1v) is 9.26. The zero-order valence-corrected chi connectivity index (χ0v) is 15.1. The molecule has 0 N–H and O–H groups in total. The fourth-order valence-electron chi connectivity index (χ4n) is 3.29. The lowest BCUT2D eigenvalue weighted by molar-refractivity contribution is -0.00537. The van der Waals surface area contributed by atoms with Crippen molar-refractivity contribution in [3.8, 4) is 11.1 Å². The number of fused-ring (bicyclic) bond motifs is 1. The first-order chi connectivity index (χ1) is 11.6. The summed E-state index contributed by atoms with van der Waals surface area (Å²) >= 11 is 7.68. The molecule has 0 saturated carbocycles. The molecule has 1 aromatic carbocycles. The van der Waals surface area contributed by atoms with Crippen LogP contribution in [0.15, 0.2) is 36.0 Å². The summed E-state index contributed by atoms with van der Waals surface area (Å²) in [6.07, 6.45) is 2.04. The van der Waals surface area contributed by atoms with E-state index in [2.05, 4.69) is 34.1 Å². The molecule has 6 heteroatoms. The first kappa shape index (κ1) is 15.8. The third kappa shape index (κ3) is 2.88. The second-order valence-electron chi connectivity index (χ2n) is 6.20. The molecule has 0 aliphatic carbocycles. The van der Waals surface area contributed by atoms with E-state index in [9.17, 15) is 0 Å². The Morgan fingerprint density at radius 2 is 1.83 bits per heavy atom. The van der Waals surface area contributed by atoms with Crippen LogP contribution in [0.2, 0.25) is 5.02 Å². The summed E-state index contributed by atoms with van der Waals surface area (Å²) in [4.78, 5) is 12.4. The average Bonchev–Trinajstić information content (AvgIpc) is 2.99. The van der Waals surface area contributed by atoms with Crippen molar-refractivity contribution >= 4 is 39.0 Å². The van der Waals surface area contributed by atoms with E-state index < -0.39 is 0 Å². The number of benzene rings is 1. The molecule has 2 atom stereocenters. The summed E-state index contributed by atoms with van der Waals surface area (Å²) in [6.45, 7) is 5.89. The number of halogens is 1. The van der Waals surface area contributed by atoms with Crippen molar-refractivity contribution in [3.63, 3.8) is 0 Å². The standard InChI is InChI=1S/C18H18ClN3OS/c1-11-7-22(8-12(2)23-11)17-16-15(9-24-18(16)21-10-20-17)13-3-5-14(19)6-4-13/h3-6,9-12H,7-8H2,1-2H3/t11-,12+. The van der Waals surface area contributed by atoms with Crippen molar-refractivity contribution in [3.05, 3.63) is 41.0 Å². The number of rotatable bonds is 2. The maximum atomic E-state index is 6.03. The van der Waals surface area contributed by atoms with Gasteiger partial charge in [-0.25, -0.2) is 9.97 Å². The fraction of sp³-hybridized carbons (Fsp3) is 0.333. The van der Waals surface area contributed by atoms with Gasteiger partial charge in [-0.2, -0.15) is 0 Å². The van der Waals surface area contributed by atoms with Gasteiger partial charge in [-0.05, 0) is 31.5 Å². The molecule has 3 heterocycles. The van der Waals surface area contributed by atoms with Gasteiger partial charge in [0.25, 0.3) is 0 Å². The van der Waals surface area contributed by atoms with E-state index in [1.165, 1.54) is 0 Å². The van der Waals surface area contributed by atoms with E-state index in [0.717, 1.165) is 45.3 Å². The highest BCUT2D eigenvalue weighted by atomic mass is 35.5. The number of morpholine rings is 1. The Hall–Kier alpha value is -1.69. The predicted octanol–water partition coefficient (Wildman–Crippen LogP) is 4.63. The summed E-state index contributed by atoms with van der Waals surface area (Å²) < 4.78 is 5.86. The zero-order valence-electron chi connectivity index (χ0n) is 13.6. The van der Waals surface area contributed by atoms with Gasteiger partial charge in [0.1, 0.15) is 17.0 Å². The van der Waals surface area contributed by atoms with Crippen LogP contribution in [0.1, 0.15) is 13.8 Å².